The van der Waals surface area contributed by atoms with Gasteiger partial charge in [-0.15, -0.1) is 0 Å². The molecule has 18 heavy (non-hydrogen) atoms. The number of aliphatic carboxylic acids is 1. The third-order valence-electron chi connectivity index (χ3n) is 3.35. The van der Waals surface area contributed by atoms with Crippen molar-refractivity contribution in [2.45, 2.75) is 18.2 Å². The van der Waals surface area contributed by atoms with Crippen LogP contribution in [0.1, 0.15) is 6.92 Å². The van der Waals surface area contributed by atoms with Crippen molar-refractivity contribution in [3.05, 3.63) is 0 Å². The summed E-state index contributed by atoms with van der Waals surface area (Å²) in [5.41, 5.74) is 0. The molecule has 0 aromatic rings. The van der Waals surface area contributed by atoms with Gasteiger partial charge in [-0.05, 0) is 6.92 Å². The van der Waals surface area contributed by atoms with Crippen LogP contribution < -0.4 is 5.32 Å². The fourth-order valence-corrected chi connectivity index (χ4v) is 3.58. The molecule has 2 fully saturated rings. The van der Waals surface area contributed by atoms with Crippen molar-refractivity contribution < 1.29 is 23.1 Å². The van der Waals surface area contributed by atoms with Gasteiger partial charge in [0, 0.05) is 26.2 Å². The molecule has 102 valence electrons. The highest BCUT2D eigenvalue weighted by molar-refractivity contribution is 7.90. The topological polar surface area (TPSA) is 107 Å². The Labute approximate surface area is 105 Å². The highest BCUT2D eigenvalue weighted by atomic mass is 32.2. The Hall–Kier alpha value is -1.35. The molecule has 2 unspecified atom stereocenters. The van der Waals surface area contributed by atoms with E-state index in [0.29, 0.717) is 13.1 Å². The first-order chi connectivity index (χ1) is 8.34. The zero-order chi connectivity index (χ0) is 13.5. The number of rotatable bonds is 3. The van der Waals surface area contributed by atoms with E-state index in [1.165, 1.54) is 0 Å². The van der Waals surface area contributed by atoms with Crippen LogP contribution in [-0.2, 0) is 14.8 Å². The van der Waals surface area contributed by atoms with Crippen molar-refractivity contribution in [3.63, 3.8) is 0 Å². The van der Waals surface area contributed by atoms with Gasteiger partial charge in [0.05, 0.1) is 6.04 Å². The summed E-state index contributed by atoms with van der Waals surface area (Å²) in [5, 5.41) is 9.97. The van der Waals surface area contributed by atoms with E-state index in [-0.39, 0.29) is 25.2 Å². The average molecular weight is 277 g/mol. The zero-order valence-corrected chi connectivity index (χ0v) is 10.7. The van der Waals surface area contributed by atoms with Crippen LogP contribution in [0.3, 0.4) is 0 Å². The normalized spacial score (nSPS) is 26.6. The van der Waals surface area contributed by atoms with Gasteiger partial charge in [-0.1, -0.05) is 0 Å². The molecular formula is C9H15N3O5S. The number of carbonyl (C=O) groups is 2. The third-order valence-corrected chi connectivity index (χ3v) is 5.50. The van der Waals surface area contributed by atoms with Crippen LogP contribution in [0.5, 0.6) is 0 Å². The Morgan fingerprint density at radius 1 is 1.50 bits per heavy atom. The zero-order valence-electron chi connectivity index (χ0n) is 9.87. The van der Waals surface area contributed by atoms with Crippen LogP contribution in [0.2, 0.25) is 0 Å². The molecule has 0 radical (unpaired) electrons. The minimum Gasteiger partial charge on any atom is -0.480 e. The van der Waals surface area contributed by atoms with Crippen LogP contribution in [0.15, 0.2) is 0 Å². The van der Waals surface area contributed by atoms with E-state index >= 15 is 0 Å². The maximum atomic E-state index is 12.0. The second-order valence-electron chi connectivity index (χ2n) is 4.42. The molecule has 2 aliphatic rings. The summed E-state index contributed by atoms with van der Waals surface area (Å²) in [6.07, 6.45) is 0. The van der Waals surface area contributed by atoms with Gasteiger partial charge in [-0.3, -0.25) is 4.79 Å². The van der Waals surface area contributed by atoms with E-state index in [1.807, 2.05) is 0 Å². The number of hydrogen-bond donors (Lipinski definition) is 2. The standard InChI is InChI=1S/C9H15N3O5S/c1-6(8(13)14)18(16,17)11-2-3-12-7(5-11)4-10-9(12)15/h6-7H,2-5H2,1H3,(H,10,15)(H,13,14). The molecule has 0 aromatic heterocycles. The van der Waals surface area contributed by atoms with Crippen LogP contribution in [-0.4, -0.2) is 72.2 Å². The number of hydrogen-bond acceptors (Lipinski definition) is 4. The molecule has 0 saturated carbocycles. The first kappa shape index (κ1) is 13.1. The Morgan fingerprint density at radius 3 is 2.78 bits per heavy atom. The smallest absolute Gasteiger partial charge is 0.323 e. The molecule has 2 rings (SSSR count). The summed E-state index contributed by atoms with van der Waals surface area (Å²) in [7, 11) is -3.85. The van der Waals surface area contributed by atoms with Gasteiger partial charge in [0.1, 0.15) is 0 Å². The van der Waals surface area contributed by atoms with E-state index in [1.54, 1.807) is 4.90 Å². The first-order valence-corrected chi connectivity index (χ1v) is 7.10. The highest BCUT2D eigenvalue weighted by Crippen LogP contribution is 2.19. The Morgan fingerprint density at radius 2 is 2.17 bits per heavy atom. The van der Waals surface area contributed by atoms with E-state index in [4.69, 9.17) is 5.11 Å². The maximum absolute atomic E-state index is 12.0. The minimum atomic E-state index is -3.85. The average Bonchev–Trinajstić information content (AvgIpc) is 2.69. The van der Waals surface area contributed by atoms with Gasteiger partial charge in [-0.2, -0.15) is 4.31 Å². The third kappa shape index (κ3) is 2.03. The number of sulfonamides is 1. The molecule has 8 nitrogen and oxygen atoms in total. The minimum absolute atomic E-state index is 0.143. The van der Waals surface area contributed by atoms with E-state index in [9.17, 15) is 18.0 Å². The van der Waals surface area contributed by atoms with Gasteiger partial charge in [0.2, 0.25) is 10.0 Å². The quantitative estimate of drug-likeness (QED) is 0.653. The van der Waals surface area contributed by atoms with Crippen molar-refractivity contribution in [2.24, 2.45) is 0 Å². The lowest BCUT2D eigenvalue weighted by Crippen LogP contribution is -2.55. The lowest BCUT2D eigenvalue weighted by Gasteiger charge is -2.36. The summed E-state index contributed by atoms with van der Waals surface area (Å²) in [5.74, 6) is -1.36. The number of urea groups is 1. The first-order valence-electron chi connectivity index (χ1n) is 5.60. The largest absolute Gasteiger partial charge is 0.480 e. The summed E-state index contributed by atoms with van der Waals surface area (Å²) < 4.78 is 25.2. The van der Waals surface area contributed by atoms with Gasteiger partial charge in [0.15, 0.2) is 5.25 Å². The van der Waals surface area contributed by atoms with E-state index < -0.39 is 21.2 Å². The molecule has 2 heterocycles. The maximum Gasteiger partial charge on any atom is 0.323 e. The molecule has 9 heteroatoms. The number of carbonyl (C=O) groups excluding carboxylic acids is 1. The molecule has 2 N–H and O–H groups in total. The van der Waals surface area contributed by atoms with Crippen molar-refractivity contribution in [1.29, 1.82) is 0 Å². The summed E-state index contributed by atoms with van der Waals surface area (Å²) in [6.45, 7) is 2.14. The fraction of sp³-hybridized carbons (Fsp3) is 0.778. The molecule has 2 amide bonds. The summed E-state index contributed by atoms with van der Waals surface area (Å²) in [6, 6.07) is -0.398. The van der Waals surface area contributed by atoms with Gasteiger partial charge in [0.25, 0.3) is 0 Å². The number of nitrogens with one attached hydrogen (secondary N) is 1. The lowest BCUT2D eigenvalue weighted by molar-refractivity contribution is -0.136. The summed E-state index contributed by atoms with van der Waals surface area (Å²) in [4.78, 5) is 23.7. The van der Waals surface area contributed by atoms with Gasteiger partial charge < -0.3 is 15.3 Å². The predicted molar refractivity (Wildman–Crippen MR) is 61.5 cm³/mol. The summed E-state index contributed by atoms with van der Waals surface area (Å²) >= 11 is 0. The molecule has 0 spiro atoms. The molecule has 2 saturated heterocycles. The van der Waals surface area contributed by atoms with E-state index in [0.717, 1.165) is 11.2 Å². The predicted octanol–water partition coefficient (Wildman–Crippen LogP) is -1.50. The Balaban J connectivity index is 2.13. The monoisotopic (exact) mass is 277 g/mol. The molecule has 0 aliphatic carbocycles. The number of carboxylic acid groups (broad SMARTS) is 1. The van der Waals surface area contributed by atoms with Crippen molar-refractivity contribution in [1.82, 2.24) is 14.5 Å². The number of fused-ring (bicyclic) bond motifs is 1. The van der Waals surface area contributed by atoms with Crippen molar-refractivity contribution in [3.8, 4) is 0 Å². The number of piperazine rings is 1. The van der Waals surface area contributed by atoms with Crippen molar-refractivity contribution in [2.75, 3.05) is 26.2 Å². The van der Waals surface area contributed by atoms with Gasteiger partial charge >= 0.3 is 12.0 Å². The molecular weight excluding hydrogens is 262 g/mol. The van der Waals surface area contributed by atoms with Crippen LogP contribution in [0.4, 0.5) is 4.79 Å². The number of nitrogens with zero attached hydrogens (tertiary/aromatic N) is 2. The molecule has 2 atom stereocenters. The second-order valence-corrected chi connectivity index (χ2v) is 6.67. The molecule has 2 aliphatic heterocycles. The highest BCUT2D eigenvalue weighted by Gasteiger charge is 2.42. The Bertz CT molecular complexity index is 477. The molecule has 0 bridgehead atoms. The second kappa shape index (κ2) is 4.39. The number of amides is 2. The van der Waals surface area contributed by atoms with Crippen molar-refractivity contribution >= 4 is 22.0 Å². The van der Waals surface area contributed by atoms with Gasteiger partial charge in [-0.25, -0.2) is 13.2 Å². The van der Waals surface area contributed by atoms with E-state index in [2.05, 4.69) is 5.32 Å². The Kier molecular flexibility index (Phi) is 3.20. The van der Waals surface area contributed by atoms with Crippen LogP contribution in [0.25, 0.3) is 0 Å². The number of carboxylic acids is 1. The fourth-order valence-electron chi connectivity index (χ4n) is 2.16. The SMILES string of the molecule is CC(C(=O)O)S(=O)(=O)N1CCN2C(=O)NCC2C1. The lowest BCUT2D eigenvalue weighted by atomic mass is 10.2. The molecule has 0 aromatic carbocycles. The van der Waals surface area contributed by atoms with Crippen LogP contribution >= 0.6 is 0 Å². The van der Waals surface area contributed by atoms with Crippen LogP contribution in [0, 0.1) is 0 Å².